The summed E-state index contributed by atoms with van der Waals surface area (Å²) in [7, 11) is 1.01. The SMILES string of the molecule is CCOc1ccc(N(C(=O)c2cc(OC)c(OC)c(OC)c2)[C@@H]2C=CS(=O)(=O)C2)cc1. The Labute approximate surface area is 181 Å². The number of ether oxygens (including phenoxy) is 4. The predicted octanol–water partition coefficient (Wildman–Crippen LogP) is 3.07. The molecule has 2 aromatic rings. The number of hydrogen-bond donors (Lipinski definition) is 0. The Hall–Kier alpha value is -3.20. The molecule has 9 heteroatoms. The minimum atomic E-state index is -3.39. The molecule has 0 aromatic heterocycles. The van der Waals surface area contributed by atoms with Gasteiger partial charge in [-0.1, -0.05) is 0 Å². The van der Waals surface area contributed by atoms with Crippen LogP contribution < -0.4 is 23.8 Å². The highest BCUT2D eigenvalue weighted by Gasteiger charge is 2.33. The lowest BCUT2D eigenvalue weighted by Gasteiger charge is -2.28. The van der Waals surface area contributed by atoms with Crippen LogP contribution in [0.25, 0.3) is 0 Å². The molecule has 3 rings (SSSR count). The van der Waals surface area contributed by atoms with Crippen LogP contribution in [0.4, 0.5) is 5.69 Å². The first-order valence-electron chi connectivity index (χ1n) is 9.61. The molecule has 2 aromatic carbocycles. The van der Waals surface area contributed by atoms with E-state index in [1.165, 1.54) is 32.3 Å². The van der Waals surface area contributed by atoms with Crippen molar-refractivity contribution in [1.82, 2.24) is 0 Å². The number of carbonyl (C=O) groups is 1. The molecule has 0 saturated carbocycles. The van der Waals surface area contributed by atoms with Gasteiger partial charge in [-0.2, -0.15) is 0 Å². The van der Waals surface area contributed by atoms with Crippen molar-refractivity contribution >= 4 is 21.4 Å². The lowest BCUT2D eigenvalue weighted by molar-refractivity contribution is 0.0982. The third-order valence-electron chi connectivity index (χ3n) is 4.80. The van der Waals surface area contributed by atoms with E-state index in [1.54, 1.807) is 36.4 Å². The van der Waals surface area contributed by atoms with E-state index in [0.29, 0.717) is 35.3 Å². The van der Waals surface area contributed by atoms with Crippen molar-refractivity contribution in [2.75, 3.05) is 38.6 Å². The molecule has 166 valence electrons. The Morgan fingerprint density at radius 2 is 1.65 bits per heavy atom. The minimum absolute atomic E-state index is 0.198. The van der Waals surface area contributed by atoms with Gasteiger partial charge < -0.3 is 23.8 Å². The number of rotatable bonds is 8. The van der Waals surface area contributed by atoms with Crippen LogP contribution in [0.3, 0.4) is 0 Å². The first-order chi connectivity index (χ1) is 14.8. The summed E-state index contributed by atoms with van der Waals surface area (Å²) in [4.78, 5) is 15.0. The highest BCUT2D eigenvalue weighted by atomic mass is 32.2. The molecular formula is C22H25NO7S. The molecule has 0 fully saturated rings. The topological polar surface area (TPSA) is 91.4 Å². The van der Waals surface area contributed by atoms with E-state index >= 15 is 0 Å². The van der Waals surface area contributed by atoms with Gasteiger partial charge in [-0.3, -0.25) is 4.79 Å². The Kier molecular flexibility index (Phi) is 6.74. The number of carbonyl (C=O) groups excluding carboxylic acids is 1. The van der Waals surface area contributed by atoms with Gasteiger partial charge in [-0.25, -0.2) is 8.42 Å². The van der Waals surface area contributed by atoms with Gasteiger partial charge in [0, 0.05) is 16.7 Å². The van der Waals surface area contributed by atoms with Crippen LogP contribution in [0.1, 0.15) is 17.3 Å². The number of benzene rings is 2. The summed E-state index contributed by atoms with van der Waals surface area (Å²) < 4.78 is 45.6. The first kappa shape index (κ1) is 22.5. The molecule has 1 amide bonds. The lowest BCUT2D eigenvalue weighted by atomic mass is 10.1. The van der Waals surface area contributed by atoms with Crippen LogP contribution in [0.15, 0.2) is 47.9 Å². The van der Waals surface area contributed by atoms with Crippen molar-refractivity contribution in [1.29, 1.82) is 0 Å². The molecule has 0 unspecified atom stereocenters. The first-order valence-corrected chi connectivity index (χ1v) is 11.3. The largest absolute Gasteiger partial charge is 0.494 e. The summed E-state index contributed by atoms with van der Waals surface area (Å²) in [5, 5.41) is 1.14. The van der Waals surface area contributed by atoms with Gasteiger partial charge in [-0.15, -0.1) is 0 Å². The Bertz CT molecular complexity index is 1050. The van der Waals surface area contributed by atoms with E-state index in [4.69, 9.17) is 18.9 Å². The van der Waals surface area contributed by atoms with Crippen LogP contribution in [-0.4, -0.2) is 54.1 Å². The molecule has 0 spiro atoms. The molecule has 1 aliphatic heterocycles. The van der Waals surface area contributed by atoms with E-state index in [1.807, 2.05) is 6.92 Å². The van der Waals surface area contributed by atoms with Crippen LogP contribution in [-0.2, 0) is 9.84 Å². The fourth-order valence-corrected chi connectivity index (χ4v) is 4.66. The maximum atomic E-state index is 13.6. The molecule has 0 bridgehead atoms. The number of sulfone groups is 1. The van der Waals surface area contributed by atoms with Gasteiger partial charge in [0.15, 0.2) is 21.3 Å². The van der Waals surface area contributed by atoms with Gasteiger partial charge >= 0.3 is 0 Å². The van der Waals surface area contributed by atoms with E-state index in [9.17, 15) is 13.2 Å². The molecule has 1 aliphatic rings. The maximum absolute atomic E-state index is 13.6. The van der Waals surface area contributed by atoms with Gasteiger partial charge in [0.2, 0.25) is 5.75 Å². The maximum Gasteiger partial charge on any atom is 0.259 e. The van der Waals surface area contributed by atoms with Crippen molar-refractivity contribution in [2.24, 2.45) is 0 Å². The quantitative estimate of drug-likeness (QED) is 0.614. The second kappa shape index (κ2) is 9.30. The van der Waals surface area contributed by atoms with Crippen LogP contribution in [0.5, 0.6) is 23.0 Å². The highest BCUT2D eigenvalue weighted by molar-refractivity contribution is 7.94. The number of hydrogen-bond acceptors (Lipinski definition) is 7. The summed E-state index contributed by atoms with van der Waals surface area (Å²) in [6.07, 6.45) is 1.52. The molecule has 0 saturated heterocycles. The number of amides is 1. The Morgan fingerprint density at radius 1 is 1.03 bits per heavy atom. The second-order valence-corrected chi connectivity index (χ2v) is 8.67. The van der Waals surface area contributed by atoms with Crippen molar-refractivity contribution in [2.45, 2.75) is 13.0 Å². The number of anilines is 1. The average Bonchev–Trinajstić information content (AvgIpc) is 3.13. The molecule has 0 aliphatic carbocycles. The predicted molar refractivity (Wildman–Crippen MR) is 117 cm³/mol. The molecule has 31 heavy (non-hydrogen) atoms. The molecule has 1 heterocycles. The van der Waals surface area contributed by atoms with Crippen molar-refractivity contribution < 1.29 is 32.2 Å². The smallest absolute Gasteiger partial charge is 0.259 e. The second-order valence-electron chi connectivity index (χ2n) is 6.74. The normalized spacial score (nSPS) is 16.6. The lowest BCUT2D eigenvalue weighted by Crippen LogP contribution is -2.41. The van der Waals surface area contributed by atoms with Crippen molar-refractivity contribution in [3.8, 4) is 23.0 Å². The fraction of sp³-hybridized carbons (Fsp3) is 0.318. The van der Waals surface area contributed by atoms with Gasteiger partial charge in [0.1, 0.15) is 5.75 Å². The summed E-state index contributed by atoms with van der Waals surface area (Å²) in [5.41, 5.74) is 0.801. The van der Waals surface area contributed by atoms with E-state index in [-0.39, 0.29) is 11.3 Å². The zero-order valence-corrected chi connectivity index (χ0v) is 18.6. The standard InChI is InChI=1S/C22H25NO7S/c1-5-30-18-8-6-16(7-9-18)23(17-10-11-31(25,26)14-17)22(24)15-12-19(27-2)21(29-4)20(13-15)28-3/h6-13,17H,5,14H2,1-4H3/t17-/m1/s1. The van der Waals surface area contributed by atoms with Crippen molar-refractivity contribution in [3.05, 3.63) is 53.4 Å². The summed E-state index contributed by atoms with van der Waals surface area (Å²) in [6, 6.07) is 9.34. The van der Waals surface area contributed by atoms with Crippen LogP contribution in [0, 0.1) is 0 Å². The van der Waals surface area contributed by atoms with Gasteiger partial charge in [-0.05, 0) is 49.4 Å². The van der Waals surface area contributed by atoms with Crippen molar-refractivity contribution in [3.63, 3.8) is 0 Å². The van der Waals surface area contributed by atoms with E-state index < -0.39 is 21.8 Å². The zero-order chi connectivity index (χ0) is 22.6. The van der Waals surface area contributed by atoms with Crippen LogP contribution in [0.2, 0.25) is 0 Å². The molecule has 1 atom stereocenters. The number of nitrogens with zero attached hydrogens (tertiary/aromatic N) is 1. The summed E-state index contributed by atoms with van der Waals surface area (Å²) in [5.74, 6) is 1.06. The van der Waals surface area contributed by atoms with Gasteiger partial charge in [0.05, 0.1) is 39.7 Å². The Balaban J connectivity index is 2.07. The van der Waals surface area contributed by atoms with Gasteiger partial charge in [0.25, 0.3) is 5.91 Å². The van der Waals surface area contributed by atoms with Crippen LogP contribution >= 0.6 is 0 Å². The zero-order valence-electron chi connectivity index (χ0n) is 17.8. The Morgan fingerprint density at radius 3 is 2.10 bits per heavy atom. The fourth-order valence-electron chi connectivity index (χ4n) is 3.39. The third kappa shape index (κ3) is 4.77. The minimum Gasteiger partial charge on any atom is -0.494 e. The average molecular weight is 448 g/mol. The van der Waals surface area contributed by atoms with E-state index in [0.717, 1.165) is 5.41 Å². The molecule has 0 N–H and O–H groups in total. The molecule has 8 nitrogen and oxygen atoms in total. The molecular weight excluding hydrogens is 422 g/mol. The summed E-state index contributed by atoms with van der Waals surface area (Å²) in [6.45, 7) is 2.39. The molecule has 0 radical (unpaired) electrons. The highest BCUT2D eigenvalue weighted by Crippen LogP contribution is 2.39. The van der Waals surface area contributed by atoms with E-state index in [2.05, 4.69) is 0 Å². The summed E-state index contributed by atoms with van der Waals surface area (Å²) >= 11 is 0. The monoisotopic (exact) mass is 447 g/mol. The number of methoxy groups -OCH3 is 3. The third-order valence-corrected chi connectivity index (χ3v) is 6.18.